The Balaban J connectivity index is 2.26. The Hall–Kier alpha value is -2.12. The molecule has 5 nitrogen and oxygen atoms in total. The Morgan fingerprint density at radius 2 is 1.91 bits per heavy atom. The topological polar surface area (TPSA) is 72.5 Å². The van der Waals surface area contributed by atoms with Gasteiger partial charge >= 0.3 is 5.97 Å². The van der Waals surface area contributed by atoms with Crippen LogP contribution in [0.3, 0.4) is 0 Å². The maximum atomic E-state index is 11.9. The number of benzene rings is 1. The summed E-state index contributed by atoms with van der Waals surface area (Å²) in [7, 11) is 1.29. The van der Waals surface area contributed by atoms with Crippen molar-refractivity contribution >= 4 is 45.8 Å². The van der Waals surface area contributed by atoms with Crippen molar-refractivity contribution in [3.63, 3.8) is 0 Å². The molecule has 0 bridgehead atoms. The number of anilines is 1. The van der Waals surface area contributed by atoms with Crippen LogP contribution in [-0.2, 0) is 14.3 Å². The third-order valence-electron chi connectivity index (χ3n) is 2.84. The maximum absolute atomic E-state index is 11.9. The van der Waals surface area contributed by atoms with Gasteiger partial charge in [-0.25, -0.2) is 4.79 Å². The monoisotopic (exact) mass is 349 g/mol. The van der Waals surface area contributed by atoms with Gasteiger partial charge in [-0.3, -0.25) is 9.59 Å². The lowest BCUT2D eigenvalue weighted by Gasteiger charge is -2.04. The first-order chi connectivity index (χ1) is 11.0. The number of nitrogens with one attached hydrogen (secondary N) is 1. The van der Waals surface area contributed by atoms with Crippen LogP contribution in [0.5, 0.6) is 0 Å². The molecule has 1 heterocycles. The van der Waals surface area contributed by atoms with Crippen molar-refractivity contribution in [3.05, 3.63) is 41.3 Å². The molecule has 1 aromatic heterocycles. The van der Waals surface area contributed by atoms with Gasteiger partial charge < -0.3 is 10.1 Å². The van der Waals surface area contributed by atoms with E-state index in [1.807, 2.05) is 30.3 Å². The summed E-state index contributed by atoms with van der Waals surface area (Å²) in [6.45, 7) is 1.40. The Kier molecular flexibility index (Phi) is 5.95. The Morgan fingerprint density at radius 1 is 1.22 bits per heavy atom. The summed E-state index contributed by atoms with van der Waals surface area (Å²) in [6, 6.07) is 11.3. The van der Waals surface area contributed by atoms with Crippen LogP contribution in [0.25, 0.3) is 10.4 Å². The number of hydrogen-bond acceptors (Lipinski definition) is 6. The minimum Gasteiger partial charge on any atom is -0.465 e. The normalized spacial score (nSPS) is 10.2. The number of amides is 1. The second-order valence-corrected chi connectivity index (χ2v) is 6.74. The zero-order valence-corrected chi connectivity index (χ0v) is 14.3. The Bertz CT molecular complexity index is 725. The number of ether oxygens (including phenoxy) is 1. The van der Waals surface area contributed by atoms with Crippen molar-refractivity contribution in [2.24, 2.45) is 0 Å². The Morgan fingerprint density at radius 3 is 2.52 bits per heavy atom. The van der Waals surface area contributed by atoms with Gasteiger partial charge in [-0.15, -0.1) is 11.3 Å². The van der Waals surface area contributed by atoms with E-state index in [9.17, 15) is 14.4 Å². The number of carbonyl (C=O) groups is 3. The smallest absolute Gasteiger partial charge is 0.350 e. The molecule has 0 aliphatic rings. The molecule has 120 valence electrons. The van der Waals surface area contributed by atoms with E-state index in [1.54, 1.807) is 6.07 Å². The average Bonchev–Trinajstić information content (AvgIpc) is 2.97. The number of methoxy groups -OCH3 is 1. The summed E-state index contributed by atoms with van der Waals surface area (Å²) in [5.41, 5.74) is 1.34. The number of thiophene rings is 1. The number of carbonyl (C=O) groups excluding carboxylic acids is 3. The van der Waals surface area contributed by atoms with E-state index in [1.165, 1.54) is 25.4 Å². The van der Waals surface area contributed by atoms with Gasteiger partial charge in [0.15, 0.2) is 5.12 Å². The lowest BCUT2D eigenvalue weighted by molar-refractivity contribution is -0.114. The second-order valence-electron chi connectivity index (χ2n) is 4.54. The highest BCUT2D eigenvalue weighted by Crippen LogP contribution is 2.35. The summed E-state index contributed by atoms with van der Waals surface area (Å²) in [6.07, 6.45) is 0. The Labute approximate surface area is 142 Å². The molecule has 2 rings (SSSR count). The summed E-state index contributed by atoms with van der Waals surface area (Å²) >= 11 is 2.17. The molecule has 0 radical (unpaired) electrons. The first-order valence-electron chi connectivity index (χ1n) is 6.72. The van der Waals surface area contributed by atoms with E-state index in [-0.39, 0.29) is 16.8 Å². The van der Waals surface area contributed by atoms with Gasteiger partial charge in [0.2, 0.25) is 5.91 Å². The fraction of sp³-hybridized carbons (Fsp3) is 0.188. The van der Waals surface area contributed by atoms with E-state index < -0.39 is 5.97 Å². The van der Waals surface area contributed by atoms with Crippen molar-refractivity contribution in [1.29, 1.82) is 0 Å². The van der Waals surface area contributed by atoms with Crippen LogP contribution in [0.2, 0.25) is 0 Å². The molecule has 0 saturated heterocycles. The van der Waals surface area contributed by atoms with Crippen LogP contribution in [0.4, 0.5) is 5.69 Å². The summed E-state index contributed by atoms with van der Waals surface area (Å²) in [4.78, 5) is 35.9. The van der Waals surface area contributed by atoms with Gasteiger partial charge in [0.05, 0.1) is 18.6 Å². The van der Waals surface area contributed by atoms with Gasteiger partial charge in [0.25, 0.3) is 0 Å². The summed E-state index contributed by atoms with van der Waals surface area (Å²) in [5.74, 6) is -0.841. The van der Waals surface area contributed by atoms with Crippen LogP contribution in [0, 0.1) is 0 Å². The number of rotatable bonds is 5. The van der Waals surface area contributed by atoms with Gasteiger partial charge in [-0.2, -0.15) is 0 Å². The van der Waals surface area contributed by atoms with E-state index in [0.29, 0.717) is 10.6 Å². The van der Waals surface area contributed by atoms with E-state index in [0.717, 1.165) is 22.2 Å². The van der Waals surface area contributed by atoms with Gasteiger partial charge in [0.1, 0.15) is 4.88 Å². The highest BCUT2D eigenvalue weighted by atomic mass is 32.2. The number of esters is 1. The van der Waals surface area contributed by atoms with Gasteiger partial charge in [-0.1, -0.05) is 42.1 Å². The first-order valence-corrected chi connectivity index (χ1v) is 8.52. The molecule has 1 amide bonds. The van der Waals surface area contributed by atoms with Gasteiger partial charge in [0, 0.05) is 11.8 Å². The molecule has 0 aliphatic carbocycles. The molecule has 2 aromatic rings. The van der Waals surface area contributed by atoms with Crippen LogP contribution >= 0.6 is 23.1 Å². The molecule has 0 saturated carbocycles. The molecule has 0 atom stereocenters. The van der Waals surface area contributed by atoms with Crippen LogP contribution in [-0.4, -0.2) is 29.9 Å². The second kappa shape index (κ2) is 7.94. The minimum absolute atomic E-state index is 0.00641. The lowest BCUT2D eigenvalue weighted by atomic mass is 10.2. The third kappa shape index (κ3) is 4.67. The molecular weight excluding hydrogens is 334 g/mol. The third-order valence-corrected chi connectivity index (χ3v) is 4.82. The fourth-order valence-corrected chi connectivity index (χ4v) is 3.27. The van der Waals surface area contributed by atoms with Crippen molar-refractivity contribution in [2.45, 2.75) is 6.92 Å². The van der Waals surface area contributed by atoms with Crippen molar-refractivity contribution < 1.29 is 19.1 Å². The summed E-state index contributed by atoms with van der Waals surface area (Å²) < 4.78 is 4.77. The maximum Gasteiger partial charge on any atom is 0.350 e. The molecule has 0 spiro atoms. The zero-order chi connectivity index (χ0) is 16.8. The van der Waals surface area contributed by atoms with Crippen molar-refractivity contribution in [3.8, 4) is 10.4 Å². The van der Waals surface area contributed by atoms with E-state index >= 15 is 0 Å². The molecule has 0 aliphatic heterocycles. The number of thioether (sulfide) groups is 1. The van der Waals surface area contributed by atoms with Crippen LogP contribution in [0.15, 0.2) is 36.4 Å². The fourth-order valence-electron chi connectivity index (χ4n) is 1.83. The van der Waals surface area contributed by atoms with Crippen LogP contribution in [0.1, 0.15) is 16.6 Å². The zero-order valence-electron chi connectivity index (χ0n) is 12.6. The van der Waals surface area contributed by atoms with Crippen molar-refractivity contribution in [1.82, 2.24) is 0 Å². The molecule has 1 aromatic carbocycles. The minimum atomic E-state index is -0.508. The van der Waals surface area contributed by atoms with E-state index in [2.05, 4.69) is 5.32 Å². The summed E-state index contributed by atoms with van der Waals surface area (Å²) in [5, 5.41) is 2.53. The van der Waals surface area contributed by atoms with Crippen molar-refractivity contribution in [2.75, 3.05) is 18.2 Å². The highest BCUT2D eigenvalue weighted by Gasteiger charge is 2.19. The highest BCUT2D eigenvalue weighted by molar-refractivity contribution is 8.14. The molecule has 7 heteroatoms. The largest absolute Gasteiger partial charge is 0.465 e. The first kappa shape index (κ1) is 17.2. The molecule has 0 unspecified atom stereocenters. The van der Waals surface area contributed by atoms with Crippen LogP contribution < -0.4 is 5.32 Å². The average molecular weight is 349 g/mol. The number of hydrogen-bond donors (Lipinski definition) is 1. The SMILES string of the molecule is COC(=O)c1sc(-c2ccccc2)cc1NC(=O)CSC(C)=O. The molecule has 23 heavy (non-hydrogen) atoms. The predicted molar refractivity (Wildman–Crippen MR) is 92.9 cm³/mol. The molecule has 0 fully saturated rings. The van der Waals surface area contributed by atoms with E-state index in [4.69, 9.17) is 4.74 Å². The standard InChI is InChI=1S/C16H15NO4S2/c1-10(18)22-9-14(19)17-12-8-13(11-6-4-3-5-7-11)23-15(12)16(20)21-2/h3-8H,9H2,1-2H3,(H,17,19). The lowest BCUT2D eigenvalue weighted by Crippen LogP contribution is -2.16. The molecule has 1 N–H and O–H groups in total. The van der Waals surface area contributed by atoms with Gasteiger partial charge in [-0.05, 0) is 11.6 Å². The molecular formula is C16H15NO4S2. The predicted octanol–water partition coefficient (Wildman–Crippen LogP) is 3.42. The quantitative estimate of drug-likeness (QED) is 0.838.